The van der Waals surface area contributed by atoms with Gasteiger partial charge in [-0.2, -0.15) is 11.8 Å². The van der Waals surface area contributed by atoms with Crippen molar-refractivity contribution < 1.29 is 0 Å². The van der Waals surface area contributed by atoms with Gasteiger partial charge in [-0.15, -0.1) is 0 Å². The maximum Gasteiger partial charge on any atom is 0.0147 e. The van der Waals surface area contributed by atoms with Gasteiger partial charge in [-0.3, -0.25) is 0 Å². The van der Waals surface area contributed by atoms with Crippen molar-refractivity contribution in [2.24, 2.45) is 0 Å². The molecule has 1 atom stereocenters. The Balaban J connectivity index is 1.86. The molecule has 1 saturated heterocycles. The average molecular weight is 244 g/mol. The van der Waals surface area contributed by atoms with Crippen LogP contribution in [0.2, 0.25) is 0 Å². The molecule has 16 heavy (non-hydrogen) atoms. The van der Waals surface area contributed by atoms with Gasteiger partial charge in [0.1, 0.15) is 0 Å². The van der Waals surface area contributed by atoms with E-state index in [0.717, 1.165) is 5.25 Å². The Morgan fingerprint density at radius 2 is 2.12 bits per heavy atom. The molecule has 0 amide bonds. The zero-order chi connectivity index (χ0) is 11.6. The maximum atomic E-state index is 3.56. The molecule has 96 valence electrons. The summed E-state index contributed by atoms with van der Waals surface area (Å²) in [6.45, 7) is 10.8. The van der Waals surface area contributed by atoms with Crippen LogP contribution < -0.4 is 5.32 Å². The highest BCUT2D eigenvalue weighted by Gasteiger charge is 2.15. The highest BCUT2D eigenvalue weighted by Crippen LogP contribution is 2.16. The van der Waals surface area contributed by atoms with Crippen molar-refractivity contribution in [3.63, 3.8) is 0 Å². The number of unbranched alkanes of at least 4 members (excludes halogenated alkanes) is 3. The van der Waals surface area contributed by atoms with Crippen LogP contribution in [0, 0.1) is 0 Å². The van der Waals surface area contributed by atoms with Crippen LogP contribution in [0.5, 0.6) is 0 Å². The van der Waals surface area contributed by atoms with Crippen LogP contribution in [0.25, 0.3) is 0 Å². The van der Waals surface area contributed by atoms with Crippen molar-refractivity contribution in [1.29, 1.82) is 0 Å². The smallest absolute Gasteiger partial charge is 0.0147 e. The van der Waals surface area contributed by atoms with E-state index < -0.39 is 0 Å². The molecule has 0 aromatic carbocycles. The third-order valence-corrected chi connectivity index (χ3v) is 4.27. The molecule has 0 aromatic rings. The lowest BCUT2D eigenvalue weighted by atomic mass is 10.2. The Hall–Kier alpha value is 0.270. The SMILES string of the molecule is CCCCCCNCCN1CCSC(C)C1. The number of thioether (sulfide) groups is 1. The van der Waals surface area contributed by atoms with E-state index in [0.29, 0.717) is 0 Å². The Labute approximate surface area is 106 Å². The summed E-state index contributed by atoms with van der Waals surface area (Å²) in [5.41, 5.74) is 0. The van der Waals surface area contributed by atoms with Gasteiger partial charge in [0.2, 0.25) is 0 Å². The summed E-state index contributed by atoms with van der Waals surface area (Å²) in [6.07, 6.45) is 5.47. The van der Waals surface area contributed by atoms with Gasteiger partial charge in [-0.05, 0) is 13.0 Å². The lowest BCUT2D eigenvalue weighted by molar-refractivity contribution is 0.285. The standard InChI is InChI=1S/C13H28N2S/c1-3-4-5-6-7-14-8-9-15-10-11-16-13(2)12-15/h13-14H,3-12H2,1-2H3. The largest absolute Gasteiger partial charge is 0.315 e. The van der Waals surface area contributed by atoms with E-state index in [2.05, 4.69) is 35.8 Å². The van der Waals surface area contributed by atoms with Gasteiger partial charge in [0.15, 0.2) is 0 Å². The molecule has 0 saturated carbocycles. The second-order valence-electron chi connectivity index (χ2n) is 4.79. The summed E-state index contributed by atoms with van der Waals surface area (Å²) in [4.78, 5) is 2.60. The molecule has 1 unspecified atom stereocenters. The van der Waals surface area contributed by atoms with Crippen molar-refractivity contribution in [2.45, 2.75) is 44.8 Å². The number of nitrogens with zero attached hydrogens (tertiary/aromatic N) is 1. The highest BCUT2D eigenvalue weighted by molar-refractivity contribution is 7.99. The van der Waals surface area contributed by atoms with Crippen LogP contribution in [0.4, 0.5) is 0 Å². The topological polar surface area (TPSA) is 15.3 Å². The minimum Gasteiger partial charge on any atom is -0.315 e. The van der Waals surface area contributed by atoms with E-state index in [1.165, 1.54) is 64.2 Å². The first-order chi connectivity index (χ1) is 7.83. The highest BCUT2D eigenvalue weighted by atomic mass is 32.2. The number of hydrogen-bond acceptors (Lipinski definition) is 3. The third-order valence-electron chi connectivity index (χ3n) is 3.14. The van der Waals surface area contributed by atoms with E-state index >= 15 is 0 Å². The van der Waals surface area contributed by atoms with E-state index in [1.807, 2.05) is 0 Å². The van der Waals surface area contributed by atoms with Gasteiger partial charge in [0.05, 0.1) is 0 Å². The molecular formula is C13H28N2S. The van der Waals surface area contributed by atoms with Gasteiger partial charge in [0, 0.05) is 37.2 Å². The van der Waals surface area contributed by atoms with Crippen LogP contribution in [-0.2, 0) is 0 Å². The quantitative estimate of drug-likeness (QED) is 0.661. The molecule has 1 heterocycles. The lowest BCUT2D eigenvalue weighted by Crippen LogP contribution is -2.40. The summed E-state index contributed by atoms with van der Waals surface area (Å²) in [6, 6.07) is 0. The van der Waals surface area contributed by atoms with Crippen LogP contribution in [0.3, 0.4) is 0 Å². The van der Waals surface area contributed by atoms with E-state index in [1.54, 1.807) is 0 Å². The maximum absolute atomic E-state index is 3.56. The fourth-order valence-corrected chi connectivity index (χ4v) is 3.21. The van der Waals surface area contributed by atoms with Crippen molar-refractivity contribution >= 4 is 11.8 Å². The normalized spacial score (nSPS) is 22.5. The second kappa shape index (κ2) is 9.32. The summed E-state index contributed by atoms with van der Waals surface area (Å²) in [5.74, 6) is 1.32. The summed E-state index contributed by atoms with van der Waals surface area (Å²) >= 11 is 2.11. The summed E-state index contributed by atoms with van der Waals surface area (Å²) in [7, 11) is 0. The monoisotopic (exact) mass is 244 g/mol. The first-order valence-corrected chi connectivity index (χ1v) is 7.92. The molecule has 1 rings (SSSR count). The average Bonchev–Trinajstić information content (AvgIpc) is 2.28. The van der Waals surface area contributed by atoms with Crippen molar-refractivity contribution in [1.82, 2.24) is 10.2 Å². The van der Waals surface area contributed by atoms with E-state index in [9.17, 15) is 0 Å². The van der Waals surface area contributed by atoms with Crippen LogP contribution in [-0.4, -0.2) is 48.6 Å². The first kappa shape index (κ1) is 14.3. The molecule has 1 N–H and O–H groups in total. The van der Waals surface area contributed by atoms with Gasteiger partial charge < -0.3 is 10.2 Å². The summed E-state index contributed by atoms with van der Waals surface area (Å²) in [5, 5.41) is 4.39. The van der Waals surface area contributed by atoms with Crippen molar-refractivity contribution in [2.75, 3.05) is 38.5 Å². The predicted molar refractivity (Wildman–Crippen MR) is 75.4 cm³/mol. The van der Waals surface area contributed by atoms with Crippen molar-refractivity contribution in [3.05, 3.63) is 0 Å². The van der Waals surface area contributed by atoms with Crippen molar-refractivity contribution in [3.8, 4) is 0 Å². The number of hydrogen-bond donors (Lipinski definition) is 1. The molecule has 3 heteroatoms. The molecule has 2 nitrogen and oxygen atoms in total. The van der Waals surface area contributed by atoms with Crippen LogP contribution in [0.1, 0.15) is 39.5 Å². The molecule has 0 spiro atoms. The summed E-state index contributed by atoms with van der Waals surface area (Å²) < 4.78 is 0. The zero-order valence-electron chi connectivity index (χ0n) is 11.0. The molecule has 0 bridgehead atoms. The van der Waals surface area contributed by atoms with Crippen LogP contribution >= 0.6 is 11.8 Å². The molecule has 1 fully saturated rings. The molecule has 0 aromatic heterocycles. The van der Waals surface area contributed by atoms with Crippen LogP contribution in [0.15, 0.2) is 0 Å². The second-order valence-corrected chi connectivity index (χ2v) is 6.34. The number of nitrogens with one attached hydrogen (secondary N) is 1. The Kier molecular flexibility index (Phi) is 8.34. The van der Waals surface area contributed by atoms with Gasteiger partial charge >= 0.3 is 0 Å². The van der Waals surface area contributed by atoms with E-state index in [-0.39, 0.29) is 0 Å². The van der Waals surface area contributed by atoms with Gasteiger partial charge in [-0.1, -0.05) is 33.1 Å². The Morgan fingerprint density at radius 1 is 1.25 bits per heavy atom. The third kappa shape index (κ3) is 6.77. The molecule has 0 aliphatic carbocycles. The fourth-order valence-electron chi connectivity index (χ4n) is 2.13. The van der Waals surface area contributed by atoms with E-state index in [4.69, 9.17) is 0 Å². The Bertz CT molecular complexity index is 164. The van der Waals surface area contributed by atoms with Gasteiger partial charge in [-0.25, -0.2) is 0 Å². The van der Waals surface area contributed by atoms with Gasteiger partial charge in [0.25, 0.3) is 0 Å². The molecule has 1 aliphatic rings. The lowest BCUT2D eigenvalue weighted by Gasteiger charge is -2.30. The first-order valence-electron chi connectivity index (χ1n) is 6.87. The fraction of sp³-hybridized carbons (Fsp3) is 1.00. The zero-order valence-corrected chi connectivity index (χ0v) is 11.8. The molecular weight excluding hydrogens is 216 g/mol. The minimum absolute atomic E-state index is 0.832. The number of rotatable bonds is 8. The predicted octanol–water partition coefficient (Wildman–Crippen LogP) is 2.59. The minimum atomic E-state index is 0.832. The molecule has 0 radical (unpaired) electrons. The Morgan fingerprint density at radius 3 is 2.88 bits per heavy atom. The molecule has 1 aliphatic heterocycles.